The minimum absolute atomic E-state index is 0.222. The fourth-order valence-electron chi connectivity index (χ4n) is 1.79. The summed E-state index contributed by atoms with van der Waals surface area (Å²) in [6, 6.07) is 10.3. The molecule has 0 spiro atoms. The lowest BCUT2D eigenvalue weighted by atomic mass is 10.1. The molecule has 4 nitrogen and oxygen atoms in total. The molecule has 0 amide bonds. The number of rotatable bonds is 3. The molecule has 1 N–H and O–H groups in total. The van der Waals surface area contributed by atoms with E-state index >= 15 is 0 Å². The highest BCUT2D eigenvalue weighted by Crippen LogP contribution is 2.28. The highest BCUT2D eigenvalue weighted by molar-refractivity contribution is 7.89. The Balaban J connectivity index is 2.52. The van der Waals surface area contributed by atoms with E-state index in [4.69, 9.17) is 4.42 Å². The zero-order valence-electron chi connectivity index (χ0n) is 11.2. The molecule has 0 aliphatic carbocycles. The lowest BCUT2D eigenvalue weighted by Crippen LogP contribution is -2.40. The quantitative estimate of drug-likeness (QED) is 0.939. The van der Waals surface area contributed by atoms with Crippen LogP contribution in [0.4, 0.5) is 0 Å². The average Bonchev–Trinajstić information content (AvgIpc) is 2.79. The van der Waals surface area contributed by atoms with Crippen LogP contribution < -0.4 is 4.72 Å². The maximum Gasteiger partial charge on any atom is 0.241 e. The molecule has 0 bridgehead atoms. The summed E-state index contributed by atoms with van der Waals surface area (Å²) in [7, 11) is -3.58. The van der Waals surface area contributed by atoms with Crippen LogP contribution in [0.3, 0.4) is 0 Å². The van der Waals surface area contributed by atoms with E-state index in [1.54, 1.807) is 57.2 Å². The van der Waals surface area contributed by atoms with E-state index in [0.29, 0.717) is 11.3 Å². The van der Waals surface area contributed by atoms with Crippen molar-refractivity contribution < 1.29 is 12.8 Å². The van der Waals surface area contributed by atoms with E-state index in [9.17, 15) is 8.42 Å². The second-order valence-corrected chi connectivity index (χ2v) is 6.98. The molecule has 0 radical (unpaired) electrons. The molecule has 0 unspecified atom stereocenters. The van der Waals surface area contributed by atoms with Gasteiger partial charge in [-0.05, 0) is 45.0 Å². The van der Waals surface area contributed by atoms with Crippen LogP contribution in [0.5, 0.6) is 0 Å². The number of hydrogen-bond acceptors (Lipinski definition) is 3. The van der Waals surface area contributed by atoms with Gasteiger partial charge in [0.25, 0.3) is 0 Å². The molecule has 1 aromatic heterocycles. The number of benzene rings is 1. The van der Waals surface area contributed by atoms with Gasteiger partial charge >= 0.3 is 0 Å². The average molecular weight is 279 g/mol. The summed E-state index contributed by atoms with van der Waals surface area (Å²) in [4.78, 5) is 0.222. The summed E-state index contributed by atoms with van der Waals surface area (Å²) >= 11 is 0. The van der Waals surface area contributed by atoms with E-state index in [0.717, 1.165) is 0 Å². The van der Waals surface area contributed by atoms with Crippen molar-refractivity contribution in [2.45, 2.75) is 31.2 Å². The number of nitrogens with one attached hydrogen (secondary N) is 1. The van der Waals surface area contributed by atoms with Crippen LogP contribution in [-0.4, -0.2) is 14.0 Å². The Labute approximate surface area is 113 Å². The fourth-order valence-corrected chi connectivity index (χ4v) is 3.43. The summed E-state index contributed by atoms with van der Waals surface area (Å²) in [5.41, 5.74) is 0.0269. The summed E-state index contributed by atoms with van der Waals surface area (Å²) in [6.45, 7) is 5.42. The molecule has 1 heterocycles. The van der Waals surface area contributed by atoms with Gasteiger partial charge in [0, 0.05) is 11.1 Å². The molecule has 5 heteroatoms. The van der Waals surface area contributed by atoms with Crippen molar-refractivity contribution in [3.63, 3.8) is 0 Å². The van der Waals surface area contributed by atoms with E-state index in [2.05, 4.69) is 4.72 Å². The Morgan fingerprint density at radius 2 is 1.74 bits per heavy atom. The molecule has 0 fully saturated rings. The third-order valence-corrected chi connectivity index (χ3v) is 4.22. The third kappa shape index (κ3) is 3.24. The Kier molecular flexibility index (Phi) is 3.52. The summed E-state index contributed by atoms with van der Waals surface area (Å²) in [5, 5.41) is 0. The van der Waals surface area contributed by atoms with Gasteiger partial charge in [-0.3, -0.25) is 0 Å². The Morgan fingerprint density at radius 1 is 1.05 bits per heavy atom. The van der Waals surface area contributed by atoms with Gasteiger partial charge in [0.05, 0.1) is 11.2 Å². The van der Waals surface area contributed by atoms with Crippen LogP contribution in [0, 0.1) is 0 Å². The van der Waals surface area contributed by atoms with Gasteiger partial charge in [-0.25, -0.2) is 13.1 Å². The molecule has 0 aliphatic rings. The van der Waals surface area contributed by atoms with Crippen molar-refractivity contribution in [1.82, 2.24) is 4.72 Å². The first-order chi connectivity index (χ1) is 8.80. The Morgan fingerprint density at radius 3 is 2.32 bits per heavy atom. The van der Waals surface area contributed by atoms with Crippen molar-refractivity contribution in [2.24, 2.45) is 0 Å². The van der Waals surface area contributed by atoms with Gasteiger partial charge in [0.15, 0.2) is 0 Å². The maximum absolute atomic E-state index is 12.4. The number of sulfonamides is 1. The SMILES string of the molecule is CC(C)(C)NS(=O)(=O)c1ccccc1-c1ccco1. The molecule has 19 heavy (non-hydrogen) atoms. The van der Waals surface area contributed by atoms with E-state index in [1.807, 2.05) is 0 Å². The van der Waals surface area contributed by atoms with Crippen molar-refractivity contribution >= 4 is 10.0 Å². The van der Waals surface area contributed by atoms with Crippen LogP contribution in [0.2, 0.25) is 0 Å². The number of hydrogen-bond donors (Lipinski definition) is 1. The normalized spacial score (nSPS) is 12.6. The summed E-state index contributed by atoms with van der Waals surface area (Å²) < 4.78 is 32.8. The first-order valence-corrected chi connectivity index (χ1v) is 7.45. The zero-order chi connectivity index (χ0) is 14.1. The Bertz CT molecular complexity index is 652. The van der Waals surface area contributed by atoms with Crippen LogP contribution in [0.1, 0.15) is 20.8 Å². The van der Waals surface area contributed by atoms with Gasteiger partial charge in [0.1, 0.15) is 5.76 Å². The van der Waals surface area contributed by atoms with Crippen molar-refractivity contribution in [3.8, 4) is 11.3 Å². The maximum atomic E-state index is 12.4. The third-order valence-electron chi connectivity index (χ3n) is 2.40. The standard InChI is InChI=1S/C14H17NO3S/c1-14(2,3)15-19(16,17)13-9-5-4-7-11(13)12-8-6-10-18-12/h4-10,15H,1-3H3. The highest BCUT2D eigenvalue weighted by atomic mass is 32.2. The van der Waals surface area contributed by atoms with E-state index in [-0.39, 0.29) is 4.90 Å². The minimum atomic E-state index is -3.58. The van der Waals surface area contributed by atoms with Crippen LogP contribution in [0.25, 0.3) is 11.3 Å². The monoisotopic (exact) mass is 279 g/mol. The summed E-state index contributed by atoms with van der Waals surface area (Å²) in [6.07, 6.45) is 1.52. The zero-order valence-corrected chi connectivity index (χ0v) is 12.0. The lowest BCUT2D eigenvalue weighted by Gasteiger charge is -2.21. The molecular formula is C14H17NO3S. The topological polar surface area (TPSA) is 59.3 Å². The summed E-state index contributed by atoms with van der Waals surface area (Å²) in [5.74, 6) is 0.537. The molecule has 2 rings (SSSR count). The van der Waals surface area contributed by atoms with Gasteiger partial charge in [-0.15, -0.1) is 0 Å². The second kappa shape index (κ2) is 4.83. The predicted molar refractivity (Wildman–Crippen MR) is 74.2 cm³/mol. The van der Waals surface area contributed by atoms with Crippen LogP contribution in [-0.2, 0) is 10.0 Å². The number of furan rings is 1. The molecule has 1 aromatic carbocycles. The predicted octanol–water partition coefficient (Wildman–Crippen LogP) is 3.02. The lowest BCUT2D eigenvalue weighted by molar-refractivity contribution is 0.491. The van der Waals surface area contributed by atoms with E-state index < -0.39 is 15.6 Å². The van der Waals surface area contributed by atoms with Gasteiger partial charge in [-0.1, -0.05) is 12.1 Å². The van der Waals surface area contributed by atoms with Gasteiger partial charge in [0.2, 0.25) is 10.0 Å². The molecular weight excluding hydrogens is 262 g/mol. The van der Waals surface area contributed by atoms with Crippen LogP contribution in [0.15, 0.2) is 52.0 Å². The van der Waals surface area contributed by atoms with Crippen LogP contribution >= 0.6 is 0 Å². The van der Waals surface area contributed by atoms with Crippen molar-refractivity contribution in [1.29, 1.82) is 0 Å². The van der Waals surface area contributed by atoms with Crippen molar-refractivity contribution in [2.75, 3.05) is 0 Å². The van der Waals surface area contributed by atoms with Gasteiger partial charge in [-0.2, -0.15) is 0 Å². The van der Waals surface area contributed by atoms with E-state index in [1.165, 1.54) is 6.26 Å². The highest BCUT2D eigenvalue weighted by Gasteiger charge is 2.25. The molecule has 0 saturated carbocycles. The molecule has 102 valence electrons. The molecule has 2 aromatic rings. The van der Waals surface area contributed by atoms with Crippen molar-refractivity contribution in [3.05, 3.63) is 42.7 Å². The molecule has 0 aliphatic heterocycles. The second-order valence-electron chi connectivity index (χ2n) is 5.33. The molecule has 0 saturated heterocycles. The molecule has 0 atom stereocenters. The minimum Gasteiger partial charge on any atom is -0.464 e. The largest absolute Gasteiger partial charge is 0.464 e. The smallest absolute Gasteiger partial charge is 0.241 e. The Hall–Kier alpha value is -1.59. The fraction of sp³-hybridized carbons (Fsp3) is 0.286. The first-order valence-electron chi connectivity index (χ1n) is 5.96. The first kappa shape index (κ1) is 13.8. The van der Waals surface area contributed by atoms with Gasteiger partial charge < -0.3 is 4.42 Å².